The highest BCUT2D eigenvalue weighted by atomic mass is 35.5. The van der Waals surface area contributed by atoms with Crippen LogP contribution >= 0.6 is 23.4 Å². The molecule has 0 atom stereocenters. The van der Waals surface area contributed by atoms with Crippen molar-refractivity contribution in [1.29, 1.82) is 0 Å². The number of halogens is 1. The third kappa shape index (κ3) is 3.22. The molecule has 0 saturated carbocycles. The lowest BCUT2D eigenvalue weighted by atomic mass is 10.0. The maximum Gasteiger partial charge on any atom is 0.0657 e. The zero-order chi connectivity index (χ0) is 11.4. The minimum absolute atomic E-state index is 0.713. The molecule has 1 aromatic carbocycles. The predicted molar refractivity (Wildman–Crippen MR) is 74.4 cm³/mol. The van der Waals surface area contributed by atoms with E-state index in [0.29, 0.717) is 10.7 Å². The monoisotopic (exact) mass is 256 g/mol. The van der Waals surface area contributed by atoms with E-state index in [1.54, 1.807) is 6.07 Å². The lowest BCUT2D eigenvalue weighted by molar-refractivity contribution is 0.516. The number of nitrogens with two attached hydrogens (primary N) is 1. The molecule has 2 rings (SSSR count). The molecule has 0 radical (unpaired) electrons. The Morgan fingerprint density at radius 3 is 2.81 bits per heavy atom. The second kappa shape index (κ2) is 5.69. The van der Waals surface area contributed by atoms with Crippen LogP contribution in [0.15, 0.2) is 18.2 Å². The van der Waals surface area contributed by atoms with E-state index in [1.165, 1.54) is 24.3 Å². The maximum absolute atomic E-state index is 6.10. The summed E-state index contributed by atoms with van der Waals surface area (Å²) in [4.78, 5) is 0. The van der Waals surface area contributed by atoms with E-state index in [2.05, 4.69) is 17.1 Å². The van der Waals surface area contributed by atoms with E-state index in [9.17, 15) is 0 Å². The highest BCUT2D eigenvalue weighted by molar-refractivity contribution is 7.99. The fourth-order valence-corrected chi connectivity index (χ4v) is 3.34. The van der Waals surface area contributed by atoms with Crippen molar-refractivity contribution >= 4 is 34.7 Å². The first-order valence-corrected chi connectivity index (χ1v) is 7.15. The van der Waals surface area contributed by atoms with Gasteiger partial charge < -0.3 is 11.1 Å². The molecule has 16 heavy (non-hydrogen) atoms. The molecule has 0 aromatic heterocycles. The Labute approximate surface area is 106 Å². The second-order valence-corrected chi connectivity index (χ2v) is 5.81. The van der Waals surface area contributed by atoms with Gasteiger partial charge in [0.05, 0.1) is 10.7 Å². The summed E-state index contributed by atoms with van der Waals surface area (Å²) in [6.07, 6.45) is 2.62. The van der Waals surface area contributed by atoms with Crippen molar-refractivity contribution in [2.45, 2.75) is 12.8 Å². The Kier molecular flexibility index (Phi) is 4.24. The molecule has 0 bridgehead atoms. The van der Waals surface area contributed by atoms with E-state index in [1.807, 2.05) is 12.1 Å². The van der Waals surface area contributed by atoms with Gasteiger partial charge in [-0.25, -0.2) is 0 Å². The van der Waals surface area contributed by atoms with Gasteiger partial charge in [-0.05, 0) is 48.5 Å². The molecule has 1 heterocycles. The van der Waals surface area contributed by atoms with Gasteiger partial charge in [0.1, 0.15) is 0 Å². The zero-order valence-electron chi connectivity index (χ0n) is 9.21. The van der Waals surface area contributed by atoms with E-state index < -0.39 is 0 Å². The summed E-state index contributed by atoms with van der Waals surface area (Å²) in [7, 11) is 0. The summed E-state index contributed by atoms with van der Waals surface area (Å²) < 4.78 is 0. The quantitative estimate of drug-likeness (QED) is 0.814. The summed E-state index contributed by atoms with van der Waals surface area (Å²) in [6.45, 7) is 1.02. The van der Waals surface area contributed by atoms with Crippen LogP contribution in [0.4, 0.5) is 11.4 Å². The SMILES string of the molecule is Nc1ccc(NCC2CCSCC2)c(Cl)c1. The van der Waals surface area contributed by atoms with Gasteiger partial charge >= 0.3 is 0 Å². The summed E-state index contributed by atoms with van der Waals surface area (Å²) in [5.74, 6) is 3.37. The van der Waals surface area contributed by atoms with Gasteiger partial charge in [0, 0.05) is 12.2 Å². The van der Waals surface area contributed by atoms with Gasteiger partial charge in [-0.3, -0.25) is 0 Å². The number of benzene rings is 1. The van der Waals surface area contributed by atoms with E-state index in [4.69, 9.17) is 17.3 Å². The molecular formula is C12H17ClN2S. The first-order valence-electron chi connectivity index (χ1n) is 5.62. The molecular weight excluding hydrogens is 240 g/mol. The van der Waals surface area contributed by atoms with Gasteiger partial charge in [-0.2, -0.15) is 11.8 Å². The molecule has 1 aromatic rings. The average Bonchev–Trinajstić information content (AvgIpc) is 2.29. The summed E-state index contributed by atoms with van der Waals surface area (Å²) >= 11 is 8.16. The van der Waals surface area contributed by atoms with Crippen LogP contribution in [0.1, 0.15) is 12.8 Å². The first-order chi connectivity index (χ1) is 7.75. The fourth-order valence-electron chi connectivity index (χ4n) is 1.88. The Hall–Kier alpha value is -0.540. The second-order valence-electron chi connectivity index (χ2n) is 4.18. The molecule has 0 aliphatic carbocycles. The first kappa shape index (κ1) is 11.9. The molecule has 3 N–H and O–H groups in total. The van der Waals surface area contributed by atoms with Crippen molar-refractivity contribution in [3.8, 4) is 0 Å². The summed E-state index contributed by atoms with van der Waals surface area (Å²) in [6, 6.07) is 5.63. The highest BCUT2D eigenvalue weighted by Gasteiger charge is 2.13. The van der Waals surface area contributed by atoms with E-state index in [0.717, 1.165) is 18.2 Å². The highest BCUT2D eigenvalue weighted by Crippen LogP contribution is 2.26. The number of hydrogen-bond acceptors (Lipinski definition) is 3. The third-order valence-corrected chi connectivity index (χ3v) is 4.28. The lowest BCUT2D eigenvalue weighted by Crippen LogP contribution is -2.19. The van der Waals surface area contributed by atoms with Crippen LogP contribution in [0.3, 0.4) is 0 Å². The standard InChI is InChI=1S/C12H17ClN2S/c13-11-7-10(14)1-2-12(11)15-8-9-3-5-16-6-4-9/h1-2,7,9,15H,3-6,8,14H2. The van der Waals surface area contributed by atoms with Crippen molar-refractivity contribution in [2.75, 3.05) is 29.1 Å². The molecule has 0 unspecified atom stereocenters. The molecule has 1 aliphatic rings. The van der Waals surface area contributed by atoms with Crippen LogP contribution in [0.2, 0.25) is 5.02 Å². The van der Waals surface area contributed by atoms with Gasteiger partial charge in [0.25, 0.3) is 0 Å². The number of hydrogen-bond donors (Lipinski definition) is 2. The largest absolute Gasteiger partial charge is 0.399 e. The smallest absolute Gasteiger partial charge is 0.0657 e. The topological polar surface area (TPSA) is 38.0 Å². The molecule has 4 heteroatoms. The van der Waals surface area contributed by atoms with Crippen molar-refractivity contribution < 1.29 is 0 Å². The van der Waals surface area contributed by atoms with Gasteiger partial charge in [-0.1, -0.05) is 11.6 Å². The number of nitrogens with one attached hydrogen (secondary N) is 1. The number of thioether (sulfide) groups is 1. The van der Waals surface area contributed by atoms with Crippen LogP contribution in [-0.2, 0) is 0 Å². The van der Waals surface area contributed by atoms with Crippen LogP contribution in [-0.4, -0.2) is 18.1 Å². The van der Waals surface area contributed by atoms with Crippen LogP contribution < -0.4 is 11.1 Å². The van der Waals surface area contributed by atoms with E-state index in [-0.39, 0.29) is 0 Å². The number of rotatable bonds is 3. The number of nitrogen functional groups attached to an aromatic ring is 1. The van der Waals surface area contributed by atoms with Crippen molar-refractivity contribution in [1.82, 2.24) is 0 Å². The molecule has 1 fully saturated rings. The average molecular weight is 257 g/mol. The normalized spacial score (nSPS) is 17.3. The Morgan fingerprint density at radius 1 is 1.38 bits per heavy atom. The minimum Gasteiger partial charge on any atom is -0.399 e. The summed E-state index contributed by atoms with van der Waals surface area (Å²) in [5.41, 5.74) is 7.36. The van der Waals surface area contributed by atoms with E-state index >= 15 is 0 Å². The van der Waals surface area contributed by atoms with Crippen LogP contribution in [0.5, 0.6) is 0 Å². The van der Waals surface area contributed by atoms with Crippen LogP contribution in [0, 0.1) is 5.92 Å². The molecule has 0 amide bonds. The van der Waals surface area contributed by atoms with Crippen molar-refractivity contribution in [2.24, 2.45) is 5.92 Å². The van der Waals surface area contributed by atoms with Gasteiger partial charge in [0.2, 0.25) is 0 Å². The molecule has 1 saturated heterocycles. The molecule has 2 nitrogen and oxygen atoms in total. The molecule has 0 spiro atoms. The predicted octanol–water partition coefficient (Wildman–Crippen LogP) is 3.48. The lowest BCUT2D eigenvalue weighted by Gasteiger charge is -2.22. The minimum atomic E-state index is 0.713. The zero-order valence-corrected chi connectivity index (χ0v) is 10.8. The Balaban J connectivity index is 1.88. The van der Waals surface area contributed by atoms with Crippen molar-refractivity contribution in [3.05, 3.63) is 23.2 Å². The maximum atomic E-state index is 6.10. The molecule has 1 aliphatic heterocycles. The van der Waals surface area contributed by atoms with Crippen LogP contribution in [0.25, 0.3) is 0 Å². The van der Waals surface area contributed by atoms with Gasteiger partial charge in [0.15, 0.2) is 0 Å². The summed E-state index contributed by atoms with van der Waals surface area (Å²) in [5, 5.41) is 4.13. The Bertz CT molecular complexity index is 351. The third-order valence-electron chi connectivity index (χ3n) is 2.92. The molecule has 88 valence electrons. The van der Waals surface area contributed by atoms with Crippen molar-refractivity contribution in [3.63, 3.8) is 0 Å². The van der Waals surface area contributed by atoms with Gasteiger partial charge in [-0.15, -0.1) is 0 Å². The number of anilines is 2. The fraction of sp³-hybridized carbons (Fsp3) is 0.500. The Morgan fingerprint density at radius 2 is 2.12 bits per heavy atom.